The molecule has 0 aliphatic carbocycles. The lowest BCUT2D eigenvalue weighted by Gasteiger charge is -2.34. The van der Waals surface area contributed by atoms with E-state index in [1.165, 1.54) is 0 Å². The topological polar surface area (TPSA) is 78.9 Å². The Labute approximate surface area is 99.9 Å². The number of amides is 1. The first-order valence-corrected chi connectivity index (χ1v) is 6.02. The fourth-order valence-corrected chi connectivity index (χ4v) is 2.32. The van der Waals surface area contributed by atoms with E-state index in [-0.39, 0.29) is 18.4 Å². The van der Waals surface area contributed by atoms with Gasteiger partial charge in [-0.15, -0.1) is 0 Å². The summed E-state index contributed by atoms with van der Waals surface area (Å²) in [5, 5.41) is 12.1. The Morgan fingerprint density at radius 2 is 2.24 bits per heavy atom. The Hall–Kier alpha value is -1.14. The Morgan fingerprint density at radius 1 is 1.41 bits per heavy atom. The summed E-state index contributed by atoms with van der Waals surface area (Å²) in [6.07, 6.45) is 1.02. The third-order valence-electron chi connectivity index (χ3n) is 3.30. The van der Waals surface area contributed by atoms with Crippen molar-refractivity contribution in [3.8, 4) is 0 Å². The molecule has 2 saturated heterocycles. The van der Waals surface area contributed by atoms with Crippen LogP contribution in [0.1, 0.15) is 12.8 Å². The number of carbonyl (C=O) groups is 2. The van der Waals surface area contributed by atoms with Crippen LogP contribution in [0.5, 0.6) is 0 Å². The largest absolute Gasteiger partial charge is 0.479 e. The fraction of sp³-hybridized carbons (Fsp3) is 0.818. The van der Waals surface area contributed by atoms with Crippen LogP contribution < -0.4 is 5.32 Å². The second kappa shape index (κ2) is 5.46. The van der Waals surface area contributed by atoms with Crippen LogP contribution in [0.3, 0.4) is 0 Å². The number of nitrogens with one attached hydrogen (secondary N) is 1. The third kappa shape index (κ3) is 2.95. The van der Waals surface area contributed by atoms with E-state index in [0.29, 0.717) is 19.7 Å². The number of nitrogens with zero attached hydrogens (tertiary/aromatic N) is 1. The molecule has 0 spiro atoms. The quantitative estimate of drug-likeness (QED) is 0.669. The van der Waals surface area contributed by atoms with Crippen LogP contribution in [0, 0.1) is 5.92 Å². The zero-order valence-corrected chi connectivity index (χ0v) is 9.72. The van der Waals surface area contributed by atoms with Crippen molar-refractivity contribution in [3.63, 3.8) is 0 Å². The van der Waals surface area contributed by atoms with Gasteiger partial charge in [0.1, 0.15) is 0 Å². The summed E-state index contributed by atoms with van der Waals surface area (Å²) in [4.78, 5) is 24.6. The van der Waals surface area contributed by atoms with Gasteiger partial charge in [0, 0.05) is 13.1 Å². The molecule has 96 valence electrons. The monoisotopic (exact) mass is 242 g/mol. The van der Waals surface area contributed by atoms with E-state index in [1.807, 2.05) is 0 Å². The van der Waals surface area contributed by atoms with E-state index in [9.17, 15) is 9.59 Å². The average molecular weight is 242 g/mol. The molecule has 2 heterocycles. The lowest BCUT2D eigenvalue weighted by atomic mass is 9.98. The van der Waals surface area contributed by atoms with Gasteiger partial charge in [0.15, 0.2) is 6.10 Å². The van der Waals surface area contributed by atoms with Gasteiger partial charge in [-0.1, -0.05) is 0 Å². The molecular formula is C11H18N2O4. The van der Waals surface area contributed by atoms with Crippen LogP contribution in [0.15, 0.2) is 0 Å². The van der Waals surface area contributed by atoms with E-state index in [4.69, 9.17) is 9.84 Å². The third-order valence-corrected chi connectivity index (χ3v) is 3.30. The molecule has 1 amide bonds. The highest BCUT2D eigenvalue weighted by molar-refractivity contribution is 5.81. The number of ether oxygens (including phenoxy) is 1. The van der Waals surface area contributed by atoms with E-state index in [2.05, 4.69) is 5.32 Å². The first-order valence-electron chi connectivity index (χ1n) is 6.02. The molecule has 2 aliphatic rings. The molecule has 2 aliphatic heterocycles. The molecule has 6 heteroatoms. The molecule has 2 rings (SSSR count). The predicted molar refractivity (Wildman–Crippen MR) is 59.5 cm³/mol. The molecule has 1 unspecified atom stereocenters. The summed E-state index contributed by atoms with van der Waals surface area (Å²) in [5.74, 6) is -0.938. The first-order chi connectivity index (χ1) is 8.18. The number of carbonyl (C=O) groups excluding carboxylic acids is 1. The molecule has 6 nitrogen and oxygen atoms in total. The number of morpholine rings is 1. The van der Waals surface area contributed by atoms with Crippen LogP contribution in [-0.2, 0) is 14.3 Å². The van der Waals surface area contributed by atoms with E-state index < -0.39 is 12.1 Å². The van der Waals surface area contributed by atoms with Crippen molar-refractivity contribution in [2.24, 2.45) is 5.92 Å². The lowest BCUT2D eigenvalue weighted by Crippen LogP contribution is -2.52. The molecule has 17 heavy (non-hydrogen) atoms. The minimum Gasteiger partial charge on any atom is -0.479 e. The highest BCUT2D eigenvalue weighted by Crippen LogP contribution is 2.16. The maximum atomic E-state index is 12.2. The second-order valence-electron chi connectivity index (χ2n) is 4.53. The van der Waals surface area contributed by atoms with Crippen LogP contribution in [0.25, 0.3) is 0 Å². The van der Waals surface area contributed by atoms with Gasteiger partial charge in [-0.05, 0) is 19.4 Å². The molecule has 0 aromatic carbocycles. The fourth-order valence-electron chi connectivity index (χ4n) is 2.32. The van der Waals surface area contributed by atoms with Gasteiger partial charge >= 0.3 is 5.97 Å². The van der Waals surface area contributed by atoms with Gasteiger partial charge in [-0.2, -0.15) is 0 Å². The summed E-state index contributed by atoms with van der Waals surface area (Å²) < 4.78 is 5.10. The maximum Gasteiger partial charge on any atom is 0.334 e. The molecule has 0 bridgehead atoms. The van der Waals surface area contributed by atoms with Crippen molar-refractivity contribution < 1.29 is 19.4 Å². The van der Waals surface area contributed by atoms with Crippen molar-refractivity contribution in [2.45, 2.75) is 18.9 Å². The molecule has 2 fully saturated rings. The molecule has 0 aromatic rings. The number of hydrogen-bond donors (Lipinski definition) is 2. The van der Waals surface area contributed by atoms with Crippen molar-refractivity contribution in [2.75, 3.05) is 32.8 Å². The van der Waals surface area contributed by atoms with Crippen LogP contribution in [0.4, 0.5) is 0 Å². The first kappa shape index (κ1) is 12.3. The molecule has 0 aromatic heterocycles. The van der Waals surface area contributed by atoms with Crippen LogP contribution in [-0.4, -0.2) is 60.8 Å². The Balaban J connectivity index is 1.91. The highest BCUT2D eigenvalue weighted by atomic mass is 16.5. The highest BCUT2D eigenvalue weighted by Gasteiger charge is 2.32. The molecular weight excluding hydrogens is 224 g/mol. The van der Waals surface area contributed by atoms with Gasteiger partial charge in [0.25, 0.3) is 0 Å². The van der Waals surface area contributed by atoms with Crippen molar-refractivity contribution in [3.05, 3.63) is 0 Å². The smallest absolute Gasteiger partial charge is 0.334 e. The summed E-state index contributed by atoms with van der Waals surface area (Å²) in [6, 6.07) is 0. The predicted octanol–water partition coefficient (Wildman–Crippen LogP) is -0.702. The minimum absolute atomic E-state index is 0.00343. The minimum atomic E-state index is -0.996. The normalized spacial score (nSPS) is 30.0. The van der Waals surface area contributed by atoms with Crippen LogP contribution in [0.2, 0.25) is 0 Å². The average Bonchev–Trinajstić information content (AvgIpc) is 2.39. The van der Waals surface area contributed by atoms with E-state index in [0.717, 1.165) is 19.4 Å². The molecule has 2 atom stereocenters. The lowest BCUT2D eigenvalue weighted by molar-refractivity contribution is -0.160. The molecule has 2 N–H and O–H groups in total. The molecule has 0 radical (unpaired) electrons. The molecule has 0 saturated carbocycles. The van der Waals surface area contributed by atoms with Gasteiger partial charge in [0.2, 0.25) is 5.91 Å². The van der Waals surface area contributed by atoms with Gasteiger partial charge in [0.05, 0.1) is 19.1 Å². The number of aliphatic carboxylic acids is 1. The summed E-state index contributed by atoms with van der Waals surface area (Å²) >= 11 is 0. The second-order valence-corrected chi connectivity index (χ2v) is 4.53. The number of hydrogen-bond acceptors (Lipinski definition) is 4. The number of carboxylic acid groups (broad SMARTS) is 1. The van der Waals surface area contributed by atoms with Crippen molar-refractivity contribution in [1.82, 2.24) is 10.2 Å². The summed E-state index contributed by atoms with van der Waals surface area (Å²) in [5.41, 5.74) is 0. The number of piperidine rings is 1. The van der Waals surface area contributed by atoms with Gasteiger partial charge in [-0.3, -0.25) is 4.79 Å². The Morgan fingerprint density at radius 3 is 2.88 bits per heavy atom. The summed E-state index contributed by atoms with van der Waals surface area (Å²) in [6.45, 7) is 2.64. The van der Waals surface area contributed by atoms with Crippen LogP contribution >= 0.6 is 0 Å². The van der Waals surface area contributed by atoms with Crippen molar-refractivity contribution >= 4 is 11.9 Å². The Kier molecular flexibility index (Phi) is 3.96. The zero-order chi connectivity index (χ0) is 12.3. The van der Waals surface area contributed by atoms with E-state index >= 15 is 0 Å². The standard InChI is InChI=1S/C11H18N2O4/c14-10(8-2-1-3-12-6-8)13-4-5-17-9(7-13)11(15)16/h8-9,12H,1-7H2,(H,15,16)/t8-,9?/m1/s1. The number of carboxylic acids is 1. The van der Waals surface area contributed by atoms with Crippen molar-refractivity contribution in [1.29, 1.82) is 0 Å². The van der Waals surface area contributed by atoms with Gasteiger partial charge in [-0.25, -0.2) is 4.79 Å². The van der Waals surface area contributed by atoms with Gasteiger partial charge < -0.3 is 20.1 Å². The number of rotatable bonds is 2. The van der Waals surface area contributed by atoms with E-state index in [1.54, 1.807) is 4.90 Å². The maximum absolute atomic E-state index is 12.2. The summed E-state index contributed by atoms with van der Waals surface area (Å²) in [7, 11) is 0. The zero-order valence-electron chi connectivity index (χ0n) is 9.72. The Bertz CT molecular complexity index is 302. The SMILES string of the molecule is O=C(O)C1CN(C(=O)[C@@H]2CCCNC2)CCO1.